The van der Waals surface area contributed by atoms with Gasteiger partial charge in [-0.2, -0.15) is 0 Å². The fraction of sp³-hybridized carbons (Fsp3) is 0.667. The quantitative estimate of drug-likeness (QED) is 0.741. The molecular weight excluding hydrogens is 324 g/mol. The Morgan fingerprint density at radius 2 is 1.86 bits per heavy atom. The molecule has 1 aromatic carbocycles. The lowest BCUT2D eigenvalue weighted by molar-refractivity contribution is 0.547. The van der Waals surface area contributed by atoms with Gasteiger partial charge in [-0.3, -0.25) is 0 Å². The highest BCUT2D eigenvalue weighted by molar-refractivity contribution is 9.10. The second-order valence-corrected chi connectivity index (χ2v) is 7.48. The van der Waals surface area contributed by atoms with Gasteiger partial charge < -0.3 is 10.2 Å². The van der Waals surface area contributed by atoms with Crippen molar-refractivity contribution in [2.24, 2.45) is 0 Å². The summed E-state index contributed by atoms with van der Waals surface area (Å²) in [6.45, 7) is 5.35. The van der Waals surface area contributed by atoms with Crippen LogP contribution in [0, 0.1) is 0 Å². The van der Waals surface area contributed by atoms with Crippen LogP contribution in [0.25, 0.3) is 0 Å². The minimum absolute atomic E-state index is 0.518. The van der Waals surface area contributed by atoms with Crippen LogP contribution in [-0.2, 0) is 6.54 Å². The zero-order valence-corrected chi connectivity index (χ0v) is 15.2. The maximum absolute atomic E-state index is 3.64. The summed E-state index contributed by atoms with van der Waals surface area (Å²) in [5, 5.41) is 3.55. The van der Waals surface area contributed by atoms with E-state index in [-0.39, 0.29) is 0 Å². The highest BCUT2D eigenvalue weighted by atomic mass is 79.9. The summed E-state index contributed by atoms with van der Waals surface area (Å²) in [4.78, 5) is 2.52. The zero-order valence-electron chi connectivity index (χ0n) is 13.7. The molecule has 1 aromatic rings. The molecule has 1 N–H and O–H groups in total. The van der Waals surface area contributed by atoms with Crippen molar-refractivity contribution >= 4 is 21.6 Å². The van der Waals surface area contributed by atoms with Gasteiger partial charge in [0.25, 0.3) is 0 Å². The Bertz CT molecular complexity index is 437. The molecule has 0 aromatic heterocycles. The molecule has 0 radical (unpaired) electrons. The minimum Gasteiger partial charge on any atom is -0.371 e. The van der Waals surface area contributed by atoms with E-state index >= 15 is 0 Å². The molecule has 0 saturated heterocycles. The number of hydrogen-bond acceptors (Lipinski definition) is 2. The topological polar surface area (TPSA) is 15.3 Å². The van der Waals surface area contributed by atoms with Crippen LogP contribution < -0.4 is 10.2 Å². The van der Waals surface area contributed by atoms with Crippen molar-refractivity contribution in [3.8, 4) is 0 Å². The summed E-state index contributed by atoms with van der Waals surface area (Å²) in [5.41, 5.74) is 2.78. The van der Waals surface area contributed by atoms with Crippen LogP contribution >= 0.6 is 15.9 Å². The average molecular weight is 353 g/mol. The first-order chi connectivity index (χ1) is 10.1. The molecule has 1 saturated carbocycles. The van der Waals surface area contributed by atoms with E-state index in [1.807, 2.05) is 0 Å². The molecule has 0 spiro atoms. The fourth-order valence-corrected chi connectivity index (χ4v) is 3.52. The van der Waals surface area contributed by atoms with Gasteiger partial charge in [0, 0.05) is 35.8 Å². The fourth-order valence-electron chi connectivity index (χ4n) is 3.17. The molecule has 2 nitrogen and oxygen atoms in total. The Balaban J connectivity index is 2.16. The van der Waals surface area contributed by atoms with Gasteiger partial charge in [0.2, 0.25) is 0 Å². The molecule has 0 bridgehead atoms. The van der Waals surface area contributed by atoms with E-state index in [2.05, 4.69) is 65.2 Å². The number of nitrogens with one attached hydrogen (secondary N) is 1. The lowest BCUT2D eigenvalue weighted by Gasteiger charge is -2.31. The molecule has 1 aliphatic rings. The number of anilines is 1. The summed E-state index contributed by atoms with van der Waals surface area (Å²) < 4.78 is 1.17. The number of benzene rings is 1. The minimum atomic E-state index is 0.518. The van der Waals surface area contributed by atoms with Gasteiger partial charge in [0.05, 0.1) is 0 Å². The second kappa shape index (κ2) is 8.19. The van der Waals surface area contributed by atoms with Crippen LogP contribution in [-0.4, -0.2) is 19.1 Å². The third-order valence-electron chi connectivity index (χ3n) is 4.50. The standard InChI is InChI=1S/C18H29BrN2/c1-14(2)20-13-15-10-11-16(19)12-18(15)21(3)17-8-6-4-5-7-9-17/h10-12,14,17,20H,4-9,13H2,1-3H3. The van der Waals surface area contributed by atoms with Crippen molar-refractivity contribution in [1.82, 2.24) is 5.32 Å². The van der Waals surface area contributed by atoms with E-state index in [9.17, 15) is 0 Å². The van der Waals surface area contributed by atoms with E-state index in [1.165, 1.54) is 54.2 Å². The maximum Gasteiger partial charge on any atom is 0.0423 e. The van der Waals surface area contributed by atoms with Gasteiger partial charge in [-0.05, 0) is 30.5 Å². The van der Waals surface area contributed by atoms with E-state index in [0.717, 1.165) is 6.54 Å². The first kappa shape index (κ1) is 16.8. The Kier molecular flexibility index (Phi) is 6.56. The predicted molar refractivity (Wildman–Crippen MR) is 96.0 cm³/mol. The molecule has 1 fully saturated rings. The molecule has 0 atom stereocenters. The van der Waals surface area contributed by atoms with Gasteiger partial charge in [0.15, 0.2) is 0 Å². The molecule has 1 aliphatic carbocycles. The van der Waals surface area contributed by atoms with Crippen LogP contribution in [0.15, 0.2) is 22.7 Å². The van der Waals surface area contributed by atoms with Crippen LogP contribution in [0.1, 0.15) is 57.9 Å². The van der Waals surface area contributed by atoms with Crippen LogP contribution in [0.2, 0.25) is 0 Å². The second-order valence-electron chi connectivity index (χ2n) is 6.56. The smallest absolute Gasteiger partial charge is 0.0423 e. The van der Waals surface area contributed by atoms with Gasteiger partial charge in [-0.1, -0.05) is 61.5 Å². The SMILES string of the molecule is CC(C)NCc1ccc(Br)cc1N(C)C1CCCCCC1. The Morgan fingerprint density at radius 1 is 1.19 bits per heavy atom. The Hall–Kier alpha value is -0.540. The maximum atomic E-state index is 3.64. The summed E-state index contributed by atoms with van der Waals surface area (Å²) in [6.07, 6.45) is 8.24. The van der Waals surface area contributed by atoms with Crippen molar-refractivity contribution in [1.29, 1.82) is 0 Å². The van der Waals surface area contributed by atoms with Gasteiger partial charge >= 0.3 is 0 Å². The molecule has 0 amide bonds. The highest BCUT2D eigenvalue weighted by Gasteiger charge is 2.19. The number of nitrogens with zero attached hydrogens (tertiary/aromatic N) is 1. The zero-order chi connectivity index (χ0) is 15.2. The van der Waals surface area contributed by atoms with E-state index in [1.54, 1.807) is 0 Å². The van der Waals surface area contributed by atoms with Crippen molar-refractivity contribution in [3.63, 3.8) is 0 Å². The Morgan fingerprint density at radius 3 is 2.48 bits per heavy atom. The molecule has 0 unspecified atom stereocenters. The Labute approximate surface area is 138 Å². The van der Waals surface area contributed by atoms with Crippen LogP contribution in [0.5, 0.6) is 0 Å². The highest BCUT2D eigenvalue weighted by Crippen LogP contribution is 2.30. The molecule has 3 heteroatoms. The van der Waals surface area contributed by atoms with E-state index in [4.69, 9.17) is 0 Å². The van der Waals surface area contributed by atoms with E-state index in [0.29, 0.717) is 12.1 Å². The van der Waals surface area contributed by atoms with Crippen molar-refractivity contribution in [2.75, 3.05) is 11.9 Å². The summed E-state index contributed by atoms with van der Waals surface area (Å²) in [5.74, 6) is 0. The van der Waals surface area contributed by atoms with Gasteiger partial charge in [0.1, 0.15) is 0 Å². The molecule has 118 valence electrons. The third kappa shape index (κ3) is 5.00. The van der Waals surface area contributed by atoms with Crippen LogP contribution in [0.3, 0.4) is 0 Å². The first-order valence-corrected chi connectivity index (χ1v) is 9.12. The van der Waals surface area contributed by atoms with Crippen molar-refractivity contribution < 1.29 is 0 Å². The predicted octanol–water partition coefficient (Wildman–Crippen LogP) is 5.11. The van der Waals surface area contributed by atoms with E-state index < -0.39 is 0 Å². The van der Waals surface area contributed by atoms with Gasteiger partial charge in [-0.15, -0.1) is 0 Å². The lowest BCUT2D eigenvalue weighted by atomic mass is 10.0. The van der Waals surface area contributed by atoms with Crippen LogP contribution in [0.4, 0.5) is 5.69 Å². The van der Waals surface area contributed by atoms with Crippen molar-refractivity contribution in [3.05, 3.63) is 28.2 Å². The molecule has 0 heterocycles. The summed E-state index contributed by atoms with van der Waals surface area (Å²) >= 11 is 3.64. The lowest BCUT2D eigenvalue weighted by Crippen LogP contribution is -2.32. The van der Waals surface area contributed by atoms with Gasteiger partial charge in [-0.25, -0.2) is 0 Å². The first-order valence-electron chi connectivity index (χ1n) is 8.32. The number of hydrogen-bond donors (Lipinski definition) is 1. The molecule has 21 heavy (non-hydrogen) atoms. The molecular formula is C18H29BrN2. The summed E-state index contributed by atoms with van der Waals surface area (Å²) in [7, 11) is 2.27. The van der Waals surface area contributed by atoms with Crippen molar-refractivity contribution in [2.45, 2.75) is 71.0 Å². The molecule has 2 rings (SSSR count). The summed E-state index contributed by atoms with van der Waals surface area (Å²) in [6, 6.07) is 7.90. The number of rotatable bonds is 5. The number of halogens is 1. The largest absolute Gasteiger partial charge is 0.371 e. The molecule has 0 aliphatic heterocycles. The normalized spacial score (nSPS) is 17.0. The third-order valence-corrected chi connectivity index (χ3v) is 4.99. The monoisotopic (exact) mass is 352 g/mol. The average Bonchev–Trinajstić information content (AvgIpc) is 2.74.